The van der Waals surface area contributed by atoms with Crippen molar-refractivity contribution in [3.63, 3.8) is 0 Å². The van der Waals surface area contributed by atoms with Crippen LogP contribution < -0.4 is 11.2 Å². The number of benzene rings is 1. The number of halogens is 1. The maximum Gasteiger partial charge on any atom is 0.182 e. The van der Waals surface area contributed by atoms with Gasteiger partial charge in [0.15, 0.2) is 17.4 Å². The first-order valence-corrected chi connectivity index (χ1v) is 5.26. The average Bonchev–Trinajstić information content (AvgIpc) is 2.68. The Morgan fingerprint density at radius 1 is 1.33 bits per heavy atom. The molecule has 0 atom stereocenters. The number of nitrogens with one attached hydrogen (secondary N) is 1. The second kappa shape index (κ2) is 4.82. The fourth-order valence-corrected chi connectivity index (χ4v) is 1.40. The van der Waals surface area contributed by atoms with Crippen molar-refractivity contribution in [2.75, 3.05) is 19.5 Å². The summed E-state index contributed by atoms with van der Waals surface area (Å²) in [4.78, 5) is 1.75. The molecule has 3 N–H and O–H groups in total. The molecule has 0 radical (unpaired) electrons. The Bertz CT molecular complexity index is 546. The van der Waals surface area contributed by atoms with E-state index in [0.29, 0.717) is 17.2 Å². The van der Waals surface area contributed by atoms with Gasteiger partial charge >= 0.3 is 0 Å². The van der Waals surface area contributed by atoms with Crippen LogP contribution in [0.15, 0.2) is 39.6 Å². The van der Waals surface area contributed by atoms with Gasteiger partial charge in [-0.2, -0.15) is 5.10 Å². The number of nitrogens with zero attached hydrogens (tertiary/aromatic N) is 4. The van der Waals surface area contributed by atoms with Crippen LogP contribution in [-0.2, 0) is 0 Å². The van der Waals surface area contributed by atoms with Crippen LogP contribution in [0.25, 0.3) is 0 Å². The fraction of sp³-hybridized carbons (Fsp3) is 0.182. The summed E-state index contributed by atoms with van der Waals surface area (Å²) in [5.74, 6) is 0.439. The highest BCUT2D eigenvalue weighted by Crippen LogP contribution is 2.09. The molecule has 94 valence electrons. The van der Waals surface area contributed by atoms with Gasteiger partial charge in [0.1, 0.15) is 5.82 Å². The third-order valence-electron chi connectivity index (χ3n) is 2.25. The lowest BCUT2D eigenvalue weighted by atomic mass is 10.3. The summed E-state index contributed by atoms with van der Waals surface area (Å²) in [6.07, 6.45) is 0. The number of hydrogen-bond acceptors (Lipinski definition) is 6. The van der Waals surface area contributed by atoms with Gasteiger partial charge < -0.3 is 10.6 Å². The molecule has 0 aliphatic carbocycles. The minimum absolute atomic E-state index is 0.225. The van der Waals surface area contributed by atoms with Crippen molar-refractivity contribution in [2.45, 2.75) is 0 Å². The maximum absolute atomic E-state index is 13.0. The van der Waals surface area contributed by atoms with Crippen molar-refractivity contribution in [3.8, 4) is 0 Å². The zero-order valence-corrected chi connectivity index (χ0v) is 10.1. The highest BCUT2D eigenvalue weighted by molar-refractivity contribution is 6.68. The van der Waals surface area contributed by atoms with E-state index < -0.39 is 0 Å². The first-order chi connectivity index (χ1) is 8.58. The van der Waals surface area contributed by atoms with Crippen molar-refractivity contribution in [1.29, 1.82) is 0 Å². The first-order valence-electron chi connectivity index (χ1n) is 5.26. The lowest BCUT2D eigenvalue weighted by molar-refractivity contribution is 0.628. The molecule has 0 saturated heterocycles. The monoisotopic (exact) mass is 248 g/mol. The van der Waals surface area contributed by atoms with E-state index in [-0.39, 0.29) is 11.7 Å². The SMILES string of the molecule is CN(C)C1=NN=C(N)/C1=N\Nc1cccc(F)c1. The van der Waals surface area contributed by atoms with Gasteiger partial charge in [-0.1, -0.05) is 6.07 Å². The molecule has 1 aromatic carbocycles. The topological polar surface area (TPSA) is 78.4 Å². The van der Waals surface area contributed by atoms with E-state index >= 15 is 0 Å². The lowest BCUT2D eigenvalue weighted by Gasteiger charge is -2.12. The van der Waals surface area contributed by atoms with Gasteiger partial charge in [0, 0.05) is 14.1 Å². The average molecular weight is 248 g/mol. The van der Waals surface area contributed by atoms with E-state index in [9.17, 15) is 4.39 Å². The molecule has 18 heavy (non-hydrogen) atoms. The Kier molecular flexibility index (Phi) is 3.22. The molecule has 0 bridgehead atoms. The van der Waals surface area contributed by atoms with E-state index in [0.717, 1.165) is 0 Å². The highest BCUT2D eigenvalue weighted by Gasteiger charge is 2.21. The van der Waals surface area contributed by atoms with Crippen LogP contribution in [0.3, 0.4) is 0 Å². The van der Waals surface area contributed by atoms with Gasteiger partial charge in [-0.25, -0.2) is 4.39 Å². The summed E-state index contributed by atoms with van der Waals surface area (Å²) in [6.45, 7) is 0. The molecule has 0 fully saturated rings. The Morgan fingerprint density at radius 3 is 2.78 bits per heavy atom. The second-order valence-corrected chi connectivity index (χ2v) is 3.89. The predicted molar refractivity (Wildman–Crippen MR) is 70.2 cm³/mol. The summed E-state index contributed by atoms with van der Waals surface area (Å²) < 4.78 is 13.0. The summed E-state index contributed by atoms with van der Waals surface area (Å²) in [5, 5.41) is 11.7. The zero-order chi connectivity index (χ0) is 13.1. The van der Waals surface area contributed by atoms with Crippen molar-refractivity contribution >= 4 is 23.1 Å². The molecule has 1 aromatic rings. The van der Waals surface area contributed by atoms with E-state index in [2.05, 4.69) is 20.7 Å². The van der Waals surface area contributed by atoms with E-state index in [1.807, 2.05) is 14.1 Å². The van der Waals surface area contributed by atoms with Crippen LogP contribution in [0.5, 0.6) is 0 Å². The molecule has 2 rings (SSSR count). The van der Waals surface area contributed by atoms with Gasteiger partial charge in [-0.15, -0.1) is 10.2 Å². The molecule has 0 saturated carbocycles. The summed E-state index contributed by atoms with van der Waals surface area (Å²) >= 11 is 0. The third-order valence-corrected chi connectivity index (χ3v) is 2.25. The molecular weight excluding hydrogens is 235 g/mol. The molecule has 0 spiro atoms. The molecule has 0 unspecified atom stereocenters. The van der Waals surface area contributed by atoms with Crippen LogP contribution in [0.1, 0.15) is 0 Å². The lowest BCUT2D eigenvalue weighted by Crippen LogP contribution is -2.36. The highest BCUT2D eigenvalue weighted by atomic mass is 19.1. The van der Waals surface area contributed by atoms with Gasteiger partial charge in [0.2, 0.25) is 0 Å². The summed E-state index contributed by atoms with van der Waals surface area (Å²) in [6, 6.07) is 5.97. The van der Waals surface area contributed by atoms with E-state index in [4.69, 9.17) is 5.73 Å². The van der Waals surface area contributed by atoms with E-state index in [1.54, 1.807) is 17.0 Å². The van der Waals surface area contributed by atoms with E-state index in [1.165, 1.54) is 12.1 Å². The van der Waals surface area contributed by atoms with Gasteiger partial charge in [-0.05, 0) is 18.2 Å². The molecule has 7 heteroatoms. The number of rotatable bonds is 2. The van der Waals surface area contributed by atoms with Crippen LogP contribution in [-0.4, -0.2) is 36.4 Å². The Morgan fingerprint density at radius 2 is 2.11 bits per heavy atom. The minimum atomic E-state index is -0.338. The minimum Gasteiger partial charge on any atom is -0.380 e. The normalized spacial score (nSPS) is 16.5. The van der Waals surface area contributed by atoms with Gasteiger partial charge in [0.05, 0.1) is 5.69 Å². The Hall–Kier alpha value is -2.44. The molecule has 6 nitrogen and oxygen atoms in total. The number of amidine groups is 2. The number of nitrogens with two attached hydrogens (primary N) is 1. The zero-order valence-electron chi connectivity index (χ0n) is 10.1. The number of anilines is 1. The predicted octanol–water partition coefficient (Wildman–Crippen LogP) is 0.840. The molecule has 1 aliphatic heterocycles. The van der Waals surface area contributed by atoms with Crippen LogP contribution >= 0.6 is 0 Å². The first kappa shape index (κ1) is 12.0. The summed E-state index contributed by atoms with van der Waals surface area (Å²) in [5.41, 5.74) is 9.35. The third kappa shape index (κ3) is 2.45. The quantitative estimate of drug-likeness (QED) is 0.761. The molecule has 1 heterocycles. The van der Waals surface area contributed by atoms with Crippen molar-refractivity contribution < 1.29 is 4.39 Å². The maximum atomic E-state index is 13.0. The molecular formula is C11H13FN6. The smallest absolute Gasteiger partial charge is 0.182 e. The standard InChI is InChI=1S/C11H13FN6/c1-18(2)11-9(10(13)16-17-11)15-14-8-5-3-4-7(12)6-8/h3-6,14H,1-2H3,(H2,13,15,16). The Balaban J connectivity index is 2.18. The van der Waals surface area contributed by atoms with Crippen LogP contribution in [0.2, 0.25) is 0 Å². The van der Waals surface area contributed by atoms with Crippen molar-refractivity contribution in [1.82, 2.24) is 4.90 Å². The number of hydrogen-bond donors (Lipinski definition) is 2. The Labute approximate surface area is 104 Å². The van der Waals surface area contributed by atoms with Crippen LogP contribution in [0.4, 0.5) is 10.1 Å². The fourth-order valence-electron chi connectivity index (χ4n) is 1.40. The second-order valence-electron chi connectivity index (χ2n) is 3.89. The van der Waals surface area contributed by atoms with Crippen molar-refractivity contribution in [2.24, 2.45) is 21.0 Å². The van der Waals surface area contributed by atoms with Crippen molar-refractivity contribution in [3.05, 3.63) is 30.1 Å². The molecule has 0 aromatic heterocycles. The number of hydrazone groups is 1. The van der Waals surface area contributed by atoms with Gasteiger partial charge in [0.25, 0.3) is 0 Å². The van der Waals surface area contributed by atoms with Gasteiger partial charge in [-0.3, -0.25) is 5.43 Å². The van der Waals surface area contributed by atoms with Crippen LogP contribution in [0, 0.1) is 5.82 Å². The molecule has 1 aliphatic rings. The molecule has 0 amide bonds. The largest absolute Gasteiger partial charge is 0.380 e. The summed E-state index contributed by atoms with van der Waals surface area (Å²) in [7, 11) is 3.62.